The van der Waals surface area contributed by atoms with Gasteiger partial charge in [-0.25, -0.2) is 0 Å². The lowest BCUT2D eigenvalue weighted by Gasteiger charge is -2.31. The summed E-state index contributed by atoms with van der Waals surface area (Å²) in [5.74, 6) is 0.600. The molecule has 156 valence electrons. The summed E-state index contributed by atoms with van der Waals surface area (Å²) in [6.07, 6.45) is 1.67. The van der Waals surface area contributed by atoms with Crippen molar-refractivity contribution in [1.29, 1.82) is 0 Å². The molecule has 1 atom stereocenters. The normalized spacial score (nSPS) is 11.6. The molecule has 2 aromatic carbocycles. The van der Waals surface area contributed by atoms with E-state index in [1.807, 2.05) is 63.2 Å². The van der Waals surface area contributed by atoms with Crippen molar-refractivity contribution >= 4 is 11.8 Å². The van der Waals surface area contributed by atoms with Gasteiger partial charge in [-0.2, -0.15) is 0 Å². The molecule has 1 N–H and O–H groups in total. The molecule has 0 aromatic heterocycles. The van der Waals surface area contributed by atoms with Crippen molar-refractivity contribution in [3.05, 3.63) is 65.2 Å². The molecule has 5 heteroatoms. The monoisotopic (exact) mass is 396 g/mol. The minimum absolute atomic E-state index is 0.0600. The highest BCUT2D eigenvalue weighted by molar-refractivity contribution is 5.88. The molecular formula is C24H32N2O3. The lowest BCUT2D eigenvalue weighted by atomic mass is 10.1. The third-order valence-electron chi connectivity index (χ3n) is 4.88. The van der Waals surface area contributed by atoms with E-state index >= 15 is 0 Å². The second-order valence-electron chi connectivity index (χ2n) is 7.25. The number of nitrogens with zero attached hydrogens (tertiary/aromatic N) is 1. The van der Waals surface area contributed by atoms with Crippen LogP contribution in [0.2, 0.25) is 0 Å². The van der Waals surface area contributed by atoms with Crippen LogP contribution in [-0.2, 0) is 22.6 Å². The fraction of sp³-hybridized carbons (Fsp3) is 0.417. The molecule has 0 aliphatic heterocycles. The first-order valence-electron chi connectivity index (χ1n) is 10.2. The fourth-order valence-corrected chi connectivity index (χ4v) is 3.31. The topological polar surface area (TPSA) is 58.6 Å². The smallest absolute Gasteiger partial charge is 0.242 e. The quantitative estimate of drug-likeness (QED) is 0.663. The Morgan fingerprint density at radius 1 is 1.07 bits per heavy atom. The number of methoxy groups -OCH3 is 1. The number of amides is 2. The zero-order chi connectivity index (χ0) is 21.2. The van der Waals surface area contributed by atoms with Crippen molar-refractivity contribution in [3.8, 4) is 5.75 Å². The van der Waals surface area contributed by atoms with Crippen molar-refractivity contribution in [2.75, 3.05) is 13.7 Å². The third-order valence-corrected chi connectivity index (χ3v) is 4.88. The minimum atomic E-state index is -0.493. The summed E-state index contributed by atoms with van der Waals surface area (Å²) in [7, 11) is 1.62. The van der Waals surface area contributed by atoms with Gasteiger partial charge in [0.1, 0.15) is 11.8 Å². The van der Waals surface area contributed by atoms with Crippen LogP contribution in [0, 0.1) is 6.92 Å². The van der Waals surface area contributed by atoms with Gasteiger partial charge in [0, 0.05) is 13.1 Å². The number of hydrogen-bond donors (Lipinski definition) is 1. The predicted molar refractivity (Wildman–Crippen MR) is 116 cm³/mol. The van der Waals surface area contributed by atoms with Crippen LogP contribution >= 0.6 is 0 Å². The van der Waals surface area contributed by atoms with Crippen LogP contribution in [0.4, 0.5) is 0 Å². The maximum Gasteiger partial charge on any atom is 0.242 e. The molecule has 0 bridgehead atoms. The highest BCUT2D eigenvalue weighted by Crippen LogP contribution is 2.17. The summed E-state index contributed by atoms with van der Waals surface area (Å²) < 4.78 is 5.19. The molecule has 2 rings (SSSR count). The number of carbonyl (C=O) groups excluding carboxylic acids is 2. The van der Waals surface area contributed by atoms with E-state index < -0.39 is 6.04 Å². The Morgan fingerprint density at radius 2 is 1.79 bits per heavy atom. The maximum absolute atomic E-state index is 13.2. The van der Waals surface area contributed by atoms with Gasteiger partial charge in [0.25, 0.3) is 0 Å². The van der Waals surface area contributed by atoms with E-state index in [1.54, 1.807) is 12.0 Å². The van der Waals surface area contributed by atoms with Gasteiger partial charge in [0.05, 0.1) is 13.5 Å². The Balaban J connectivity index is 2.25. The Bertz CT molecular complexity index is 802. The Morgan fingerprint density at radius 3 is 2.38 bits per heavy atom. The van der Waals surface area contributed by atoms with Gasteiger partial charge in [-0.05, 0) is 43.0 Å². The van der Waals surface area contributed by atoms with E-state index in [2.05, 4.69) is 11.4 Å². The van der Waals surface area contributed by atoms with E-state index in [0.29, 0.717) is 19.5 Å². The van der Waals surface area contributed by atoms with Crippen LogP contribution < -0.4 is 10.1 Å². The molecule has 1 unspecified atom stereocenters. The molecule has 5 nitrogen and oxygen atoms in total. The van der Waals surface area contributed by atoms with Crippen LogP contribution in [0.3, 0.4) is 0 Å². The van der Waals surface area contributed by atoms with E-state index in [9.17, 15) is 9.59 Å². The van der Waals surface area contributed by atoms with E-state index in [-0.39, 0.29) is 18.2 Å². The molecule has 0 heterocycles. The molecule has 0 aliphatic carbocycles. The first-order valence-corrected chi connectivity index (χ1v) is 10.2. The number of ether oxygens (including phenoxy) is 1. The Labute approximate surface area is 174 Å². The lowest BCUT2D eigenvalue weighted by molar-refractivity contribution is -0.140. The number of carbonyl (C=O) groups is 2. The van der Waals surface area contributed by atoms with Gasteiger partial charge in [-0.15, -0.1) is 0 Å². The molecular weight excluding hydrogens is 364 g/mol. The van der Waals surface area contributed by atoms with Crippen LogP contribution in [-0.4, -0.2) is 36.4 Å². The van der Waals surface area contributed by atoms with E-state index in [0.717, 1.165) is 28.9 Å². The average molecular weight is 397 g/mol. The maximum atomic E-state index is 13.2. The van der Waals surface area contributed by atoms with Crippen molar-refractivity contribution < 1.29 is 14.3 Å². The van der Waals surface area contributed by atoms with Crippen LogP contribution in [0.15, 0.2) is 48.5 Å². The summed E-state index contributed by atoms with van der Waals surface area (Å²) >= 11 is 0. The predicted octanol–water partition coefficient (Wildman–Crippen LogP) is 3.88. The number of aryl methyl sites for hydroxylation is 1. The van der Waals surface area contributed by atoms with Crippen LogP contribution in [0.25, 0.3) is 0 Å². The SMILES string of the molecule is CCCNC(=O)C(CC)N(Cc1cccc(C)c1)C(=O)Cc1ccc(OC)cc1. The summed E-state index contributed by atoms with van der Waals surface area (Å²) in [6, 6.07) is 15.0. The molecule has 0 saturated carbocycles. The van der Waals surface area contributed by atoms with Crippen LogP contribution in [0.5, 0.6) is 5.75 Å². The van der Waals surface area contributed by atoms with Gasteiger partial charge in [-0.3, -0.25) is 9.59 Å². The van der Waals surface area contributed by atoms with E-state index in [4.69, 9.17) is 4.74 Å². The van der Waals surface area contributed by atoms with Crippen molar-refractivity contribution in [2.24, 2.45) is 0 Å². The molecule has 29 heavy (non-hydrogen) atoms. The van der Waals surface area contributed by atoms with Crippen molar-refractivity contribution in [1.82, 2.24) is 10.2 Å². The highest BCUT2D eigenvalue weighted by Gasteiger charge is 2.28. The van der Waals surface area contributed by atoms with Crippen molar-refractivity contribution in [2.45, 2.75) is 52.6 Å². The van der Waals surface area contributed by atoms with Gasteiger partial charge < -0.3 is 15.0 Å². The van der Waals surface area contributed by atoms with Gasteiger partial charge in [0.15, 0.2) is 0 Å². The molecule has 0 aliphatic rings. The second kappa shape index (κ2) is 11.2. The lowest BCUT2D eigenvalue weighted by Crippen LogP contribution is -2.49. The molecule has 0 fully saturated rings. The van der Waals surface area contributed by atoms with Gasteiger partial charge in [-0.1, -0.05) is 55.8 Å². The molecule has 2 amide bonds. The fourth-order valence-electron chi connectivity index (χ4n) is 3.31. The zero-order valence-corrected chi connectivity index (χ0v) is 17.9. The number of nitrogens with one attached hydrogen (secondary N) is 1. The van der Waals surface area contributed by atoms with Crippen LogP contribution in [0.1, 0.15) is 43.4 Å². The molecule has 0 radical (unpaired) electrons. The molecule has 0 spiro atoms. The summed E-state index contributed by atoms with van der Waals surface area (Å²) in [6.45, 7) is 7.01. The Hall–Kier alpha value is -2.82. The minimum Gasteiger partial charge on any atom is -0.497 e. The summed E-state index contributed by atoms with van der Waals surface area (Å²) in [5.41, 5.74) is 3.05. The number of hydrogen-bond acceptors (Lipinski definition) is 3. The van der Waals surface area contributed by atoms with Gasteiger partial charge in [0.2, 0.25) is 11.8 Å². The molecule has 2 aromatic rings. The number of rotatable bonds is 10. The molecule has 0 saturated heterocycles. The van der Waals surface area contributed by atoms with Gasteiger partial charge >= 0.3 is 0 Å². The third kappa shape index (κ3) is 6.63. The largest absolute Gasteiger partial charge is 0.497 e. The average Bonchev–Trinajstić information content (AvgIpc) is 2.72. The standard InChI is InChI=1S/C24H32N2O3/c1-5-14-25-24(28)22(6-2)26(17-20-9-7-8-18(3)15-20)23(27)16-19-10-12-21(29-4)13-11-19/h7-13,15,22H,5-6,14,16-17H2,1-4H3,(H,25,28). The zero-order valence-electron chi connectivity index (χ0n) is 17.9. The number of benzene rings is 2. The first-order chi connectivity index (χ1) is 14.0. The highest BCUT2D eigenvalue weighted by atomic mass is 16.5. The first kappa shape index (κ1) is 22.5. The summed E-state index contributed by atoms with van der Waals surface area (Å²) in [4.78, 5) is 27.7. The Kier molecular flexibility index (Phi) is 8.71. The second-order valence-corrected chi connectivity index (χ2v) is 7.25. The summed E-state index contributed by atoms with van der Waals surface area (Å²) in [5, 5.41) is 2.95. The van der Waals surface area contributed by atoms with E-state index in [1.165, 1.54) is 0 Å². The van der Waals surface area contributed by atoms with Crippen molar-refractivity contribution in [3.63, 3.8) is 0 Å².